The van der Waals surface area contributed by atoms with E-state index < -0.39 is 0 Å². The van der Waals surface area contributed by atoms with E-state index in [1.54, 1.807) is 6.08 Å². The zero-order valence-corrected chi connectivity index (χ0v) is 13.7. The predicted molar refractivity (Wildman–Crippen MR) is 86.2 cm³/mol. The molecular weight excluding hydrogens is 272 g/mol. The normalized spacial score (nSPS) is 50.5. The number of carbonyl (C=O) groups excluding carboxylic acids is 2. The van der Waals surface area contributed by atoms with Gasteiger partial charge >= 0.3 is 0 Å². The predicted octanol–water partition coefficient (Wildman–Crippen LogP) is 4.11. The maximum Gasteiger partial charge on any atom is 0.156 e. The molecule has 3 fully saturated rings. The van der Waals surface area contributed by atoms with Gasteiger partial charge in [0.15, 0.2) is 5.78 Å². The Morgan fingerprint density at radius 1 is 1.14 bits per heavy atom. The summed E-state index contributed by atoms with van der Waals surface area (Å²) in [5, 5.41) is 0. The van der Waals surface area contributed by atoms with Crippen molar-refractivity contribution in [2.24, 2.45) is 34.5 Å². The molecule has 6 atom stereocenters. The number of hydrogen-bond donors (Lipinski definition) is 0. The third-order valence-electron chi connectivity index (χ3n) is 7.72. The summed E-state index contributed by atoms with van der Waals surface area (Å²) >= 11 is 0. The lowest BCUT2D eigenvalue weighted by atomic mass is 9.45. The van der Waals surface area contributed by atoms with Crippen LogP contribution < -0.4 is 0 Å². The van der Waals surface area contributed by atoms with Crippen LogP contribution in [0.5, 0.6) is 0 Å². The first kappa shape index (κ1) is 14.4. The third kappa shape index (κ3) is 1.67. The molecule has 118 valence electrons. The summed E-state index contributed by atoms with van der Waals surface area (Å²) in [6, 6.07) is 0. The highest BCUT2D eigenvalue weighted by Gasteiger charge is 2.60. The van der Waals surface area contributed by atoms with Crippen molar-refractivity contribution in [1.29, 1.82) is 0 Å². The van der Waals surface area contributed by atoms with E-state index in [1.807, 2.05) is 0 Å². The fraction of sp³-hybridized carbons (Fsp3) is 0.700. The van der Waals surface area contributed by atoms with E-state index >= 15 is 0 Å². The van der Waals surface area contributed by atoms with Crippen LogP contribution in [0.25, 0.3) is 0 Å². The number of rotatable bonds is 0. The highest BCUT2D eigenvalue weighted by molar-refractivity contribution is 5.91. The highest BCUT2D eigenvalue weighted by Crippen LogP contribution is 2.65. The number of ketones is 2. The van der Waals surface area contributed by atoms with Gasteiger partial charge in [-0.15, -0.1) is 0 Å². The van der Waals surface area contributed by atoms with Crippen molar-refractivity contribution in [3.05, 3.63) is 24.3 Å². The Morgan fingerprint density at radius 2 is 1.91 bits per heavy atom. The molecule has 3 saturated carbocycles. The summed E-state index contributed by atoms with van der Waals surface area (Å²) in [6.07, 6.45) is 9.65. The fourth-order valence-electron chi connectivity index (χ4n) is 6.40. The molecule has 2 heteroatoms. The topological polar surface area (TPSA) is 34.1 Å². The molecule has 1 unspecified atom stereocenters. The van der Waals surface area contributed by atoms with Gasteiger partial charge in [0, 0.05) is 18.3 Å². The van der Waals surface area contributed by atoms with Crippen LogP contribution in [0, 0.1) is 34.5 Å². The summed E-state index contributed by atoms with van der Waals surface area (Å²) in [5.41, 5.74) is 1.24. The lowest BCUT2D eigenvalue weighted by molar-refractivity contribution is -0.133. The van der Waals surface area contributed by atoms with Crippen LogP contribution in [0.1, 0.15) is 52.4 Å². The van der Waals surface area contributed by atoms with E-state index in [0.717, 1.165) is 32.1 Å². The fourth-order valence-corrected chi connectivity index (χ4v) is 6.40. The maximum absolute atomic E-state index is 12.4. The lowest BCUT2D eigenvalue weighted by Crippen LogP contribution is -2.53. The van der Waals surface area contributed by atoms with E-state index in [-0.39, 0.29) is 16.6 Å². The van der Waals surface area contributed by atoms with Gasteiger partial charge in [-0.05, 0) is 60.8 Å². The molecule has 0 radical (unpaired) electrons. The Labute approximate surface area is 133 Å². The van der Waals surface area contributed by atoms with Crippen LogP contribution in [-0.2, 0) is 9.59 Å². The quantitative estimate of drug-likeness (QED) is 0.631. The van der Waals surface area contributed by atoms with E-state index in [0.29, 0.717) is 35.9 Å². The van der Waals surface area contributed by atoms with E-state index in [4.69, 9.17) is 0 Å². The average Bonchev–Trinajstić information content (AvgIpc) is 2.77. The molecule has 0 aromatic heterocycles. The molecule has 0 aliphatic heterocycles. The summed E-state index contributed by atoms with van der Waals surface area (Å²) in [6.45, 7) is 8.90. The number of hydrogen-bond acceptors (Lipinski definition) is 2. The van der Waals surface area contributed by atoms with Gasteiger partial charge in [0.1, 0.15) is 5.78 Å². The summed E-state index contributed by atoms with van der Waals surface area (Å²) in [4.78, 5) is 24.3. The molecule has 0 bridgehead atoms. The molecule has 4 aliphatic carbocycles. The van der Waals surface area contributed by atoms with Crippen molar-refractivity contribution in [3.63, 3.8) is 0 Å². The second kappa shape index (κ2) is 4.43. The van der Waals surface area contributed by atoms with Crippen molar-refractivity contribution in [3.8, 4) is 0 Å². The monoisotopic (exact) mass is 298 g/mol. The number of allylic oxidation sites excluding steroid dienone is 3. The van der Waals surface area contributed by atoms with Crippen molar-refractivity contribution < 1.29 is 9.59 Å². The molecule has 4 rings (SSSR count). The van der Waals surface area contributed by atoms with Crippen LogP contribution >= 0.6 is 0 Å². The first-order valence-electron chi connectivity index (χ1n) is 8.79. The van der Waals surface area contributed by atoms with Crippen LogP contribution in [0.2, 0.25) is 0 Å². The molecular formula is C20H26O2. The van der Waals surface area contributed by atoms with Crippen LogP contribution in [0.15, 0.2) is 24.3 Å². The molecule has 0 aromatic carbocycles. The van der Waals surface area contributed by atoms with Crippen molar-refractivity contribution >= 4 is 11.6 Å². The smallest absolute Gasteiger partial charge is 0.156 e. The Bertz CT molecular complexity index is 601. The third-order valence-corrected chi connectivity index (χ3v) is 7.72. The Balaban J connectivity index is 1.75. The average molecular weight is 298 g/mol. The largest absolute Gasteiger partial charge is 0.299 e. The number of Topliss-reactive ketones (excluding diaryl/α,β-unsaturated/α-hetero) is 1. The molecule has 4 aliphatic rings. The molecule has 0 saturated heterocycles. The van der Waals surface area contributed by atoms with Gasteiger partial charge < -0.3 is 0 Å². The van der Waals surface area contributed by atoms with Gasteiger partial charge in [-0.1, -0.05) is 32.1 Å². The van der Waals surface area contributed by atoms with E-state index in [9.17, 15) is 9.59 Å². The molecule has 22 heavy (non-hydrogen) atoms. The van der Waals surface area contributed by atoms with Gasteiger partial charge in [-0.2, -0.15) is 0 Å². The minimum atomic E-state index is -0.0845. The van der Waals surface area contributed by atoms with Gasteiger partial charge in [0.05, 0.1) is 0 Å². The maximum atomic E-state index is 12.4. The Hall–Kier alpha value is -1.18. The summed E-state index contributed by atoms with van der Waals surface area (Å²) in [7, 11) is 0. The van der Waals surface area contributed by atoms with Gasteiger partial charge in [0.2, 0.25) is 0 Å². The SMILES string of the molecule is C=C1C[C@@H]2[C@H](CC[C@]3(C)C(=O)CC[C@@H]23)[C@@]2(C)C=CC(=O)CC12. The van der Waals surface area contributed by atoms with Crippen LogP contribution in [0.4, 0.5) is 0 Å². The second-order valence-electron chi connectivity index (χ2n) is 8.58. The Morgan fingerprint density at radius 3 is 2.68 bits per heavy atom. The van der Waals surface area contributed by atoms with Crippen molar-refractivity contribution in [1.82, 2.24) is 0 Å². The molecule has 0 heterocycles. The highest BCUT2D eigenvalue weighted by atomic mass is 16.1. The van der Waals surface area contributed by atoms with Gasteiger partial charge in [-0.25, -0.2) is 0 Å². The number of fused-ring (bicyclic) bond motifs is 5. The van der Waals surface area contributed by atoms with Gasteiger partial charge in [0.25, 0.3) is 0 Å². The zero-order valence-electron chi connectivity index (χ0n) is 13.7. The minimum absolute atomic E-state index is 0.0703. The summed E-state index contributed by atoms with van der Waals surface area (Å²) in [5.74, 6) is 2.77. The Kier molecular flexibility index (Phi) is 2.90. The molecule has 0 amide bonds. The standard InChI is InChI=1S/C20H26O2/c1-12-10-14-15-4-5-18(22)20(15,3)9-7-16(14)19(2)8-6-13(21)11-17(12)19/h6,8,14-17H,1,4-5,7,9-11H2,2-3H3/t14-,15-,16-,17?,19+,20-/m0/s1. The van der Waals surface area contributed by atoms with Gasteiger partial charge in [-0.3, -0.25) is 9.59 Å². The number of carbonyl (C=O) groups is 2. The van der Waals surface area contributed by atoms with Crippen molar-refractivity contribution in [2.75, 3.05) is 0 Å². The minimum Gasteiger partial charge on any atom is -0.299 e. The van der Waals surface area contributed by atoms with E-state index in [1.165, 1.54) is 5.57 Å². The lowest BCUT2D eigenvalue weighted by Gasteiger charge is -2.58. The molecule has 2 nitrogen and oxygen atoms in total. The van der Waals surface area contributed by atoms with Crippen molar-refractivity contribution in [2.45, 2.75) is 52.4 Å². The summed E-state index contributed by atoms with van der Waals surface area (Å²) < 4.78 is 0. The molecule has 0 aromatic rings. The van der Waals surface area contributed by atoms with E-state index in [2.05, 4.69) is 26.5 Å². The van der Waals surface area contributed by atoms with Crippen LogP contribution in [0.3, 0.4) is 0 Å². The first-order valence-corrected chi connectivity index (χ1v) is 8.79. The second-order valence-corrected chi connectivity index (χ2v) is 8.58. The van der Waals surface area contributed by atoms with Crippen LogP contribution in [-0.4, -0.2) is 11.6 Å². The zero-order chi connectivity index (χ0) is 15.7. The molecule has 0 N–H and O–H groups in total. The molecule has 0 spiro atoms. The first-order chi connectivity index (χ1) is 10.4.